The average molecular weight is 271 g/mol. The van der Waals surface area contributed by atoms with Gasteiger partial charge < -0.3 is 10.5 Å². The minimum absolute atomic E-state index is 0.00513. The minimum Gasteiger partial charge on any atom is -0.374 e. The van der Waals surface area contributed by atoms with E-state index in [0.29, 0.717) is 18.1 Å². The number of hydrogen-bond donors (Lipinski definition) is 1. The largest absolute Gasteiger partial charge is 0.374 e. The molecule has 0 aliphatic carbocycles. The van der Waals surface area contributed by atoms with Gasteiger partial charge in [0.25, 0.3) is 0 Å². The van der Waals surface area contributed by atoms with Gasteiger partial charge in [0.2, 0.25) is 0 Å². The lowest BCUT2D eigenvalue weighted by molar-refractivity contribution is -0.134. The zero-order valence-electron chi connectivity index (χ0n) is 11.5. The quantitative estimate of drug-likeness (QED) is 0.852. The lowest BCUT2D eigenvalue weighted by Crippen LogP contribution is -2.43. The smallest absolute Gasteiger partial charge is 0.137 e. The van der Waals surface area contributed by atoms with E-state index in [4.69, 9.17) is 10.5 Å². The summed E-state index contributed by atoms with van der Waals surface area (Å²) in [7, 11) is 0. The molecular weight excluding hydrogens is 246 g/mol. The van der Waals surface area contributed by atoms with E-state index >= 15 is 0 Å². The average Bonchev–Trinajstić information content (AvgIpc) is 2.77. The van der Waals surface area contributed by atoms with Gasteiger partial charge in [-0.05, 0) is 30.9 Å². The van der Waals surface area contributed by atoms with Gasteiger partial charge in [0.1, 0.15) is 5.78 Å². The van der Waals surface area contributed by atoms with Gasteiger partial charge in [-0.25, -0.2) is 0 Å². The van der Waals surface area contributed by atoms with E-state index in [-0.39, 0.29) is 17.6 Å². The number of nitrogens with two attached hydrogens (primary N) is 1. The van der Waals surface area contributed by atoms with E-state index in [9.17, 15) is 4.79 Å². The molecule has 2 aliphatic heterocycles. The van der Waals surface area contributed by atoms with Crippen LogP contribution < -0.4 is 5.73 Å². The van der Waals surface area contributed by atoms with E-state index in [1.807, 2.05) is 11.8 Å². The van der Waals surface area contributed by atoms with Crippen molar-refractivity contribution in [3.8, 4) is 0 Å². The van der Waals surface area contributed by atoms with Crippen molar-refractivity contribution in [1.29, 1.82) is 0 Å². The summed E-state index contributed by atoms with van der Waals surface area (Å²) in [6.45, 7) is 4.90. The predicted octanol–water partition coefficient (Wildman–Crippen LogP) is 2.23. The Labute approximate surface area is 114 Å². The van der Waals surface area contributed by atoms with Crippen molar-refractivity contribution in [1.82, 2.24) is 0 Å². The Hall–Kier alpha value is -0.0600. The van der Waals surface area contributed by atoms with Gasteiger partial charge in [-0.2, -0.15) is 11.8 Å². The van der Waals surface area contributed by atoms with E-state index < -0.39 is 0 Å². The zero-order chi connectivity index (χ0) is 13.2. The molecule has 4 heteroatoms. The van der Waals surface area contributed by atoms with Gasteiger partial charge in [0, 0.05) is 30.7 Å². The first-order valence-corrected chi connectivity index (χ1v) is 8.18. The molecular formula is C14H25NO2S. The highest BCUT2D eigenvalue weighted by Gasteiger charge is 2.42. The van der Waals surface area contributed by atoms with Crippen molar-refractivity contribution in [3.05, 3.63) is 0 Å². The summed E-state index contributed by atoms with van der Waals surface area (Å²) in [5, 5.41) is 0. The van der Waals surface area contributed by atoms with E-state index in [1.165, 1.54) is 5.75 Å². The first-order valence-electron chi connectivity index (χ1n) is 7.02. The number of carbonyl (C=O) groups is 1. The molecule has 3 nitrogen and oxygen atoms in total. The molecule has 2 aliphatic rings. The van der Waals surface area contributed by atoms with Crippen molar-refractivity contribution < 1.29 is 9.53 Å². The second-order valence-corrected chi connectivity index (χ2v) is 7.21. The van der Waals surface area contributed by atoms with Crippen LogP contribution in [0, 0.1) is 11.8 Å². The van der Waals surface area contributed by atoms with Crippen molar-refractivity contribution in [2.24, 2.45) is 17.6 Å². The lowest BCUT2D eigenvalue weighted by Gasteiger charge is -2.37. The first-order chi connectivity index (χ1) is 8.52. The monoisotopic (exact) mass is 271 g/mol. The molecule has 0 aromatic rings. The van der Waals surface area contributed by atoms with Crippen LogP contribution in [0.3, 0.4) is 0 Å². The van der Waals surface area contributed by atoms with Crippen molar-refractivity contribution in [2.45, 2.75) is 51.2 Å². The second-order valence-electron chi connectivity index (χ2n) is 6.10. The number of carbonyl (C=O) groups excluding carboxylic acids is 1. The number of ether oxygens (including phenoxy) is 1. The highest BCUT2D eigenvalue weighted by Crippen LogP contribution is 2.40. The van der Waals surface area contributed by atoms with Gasteiger partial charge in [0.15, 0.2) is 0 Å². The molecule has 2 fully saturated rings. The van der Waals surface area contributed by atoms with E-state index in [2.05, 4.69) is 13.8 Å². The maximum Gasteiger partial charge on any atom is 0.137 e. The van der Waals surface area contributed by atoms with Crippen LogP contribution in [0.15, 0.2) is 0 Å². The molecule has 0 radical (unpaired) electrons. The summed E-state index contributed by atoms with van der Waals surface area (Å²) in [5.74, 6) is 3.15. The van der Waals surface area contributed by atoms with Gasteiger partial charge in [0.05, 0.1) is 5.60 Å². The molecule has 2 N–H and O–H groups in total. The zero-order valence-corrected chi connectivity index (χ0v) is 12.3. The summed E-state index contributed by atoms with van der Waals surface area (Å²) in [6.07, 6.45) is 3.45. The van der Waals surface area contributed by atoms with Crippen LogP contribution in [0.2, 0.25) is 0 Å². The molecule has 2 saturated heterocycles. The Morgan fingerprint density at radius 2 is 2.33 bits per heavy atom. The fourth-order valence-corrected chi connectivity index (χ4v) is 4.18. The van der Waals surface area contributed by atoms with Gasteiger partial charge in [-0.3, -0.25) is 4.79 Å². The number of ketones is 1. The topological polar surface area (TPSA) is 52.3 Å². The van der Waals surface area contributed by atoms with Crippen molar-refractivity contribution in [2.75, 3.05) is 18.1 Å². The Bertz CT molecular complexity index is 300. The normalized spacial score (nSPS) is 34.1. The van der Waals surface area contributed by atoms with Crippen LogP contribution in [-0.4, -0.2) is 35.5 Å². The summed E-state index contributed by atoms with van der Waals surface area (Å²) in [4.78, 5) is 12.3. The number of rotatable bonds is 4. The van der Waals surface area contributed by atoms with Crippen LogP contribution in [0.25, 0.3) is 0 Å². The molecule has 0 saturated carbocycles. The second kappa shape index (κ2) is 5.93. The summed E-state index contributed by atoms with van der Waals surface area (Å²) < 4.78 is 5.95. The number of Topliss-reactive ketones (excluding diaryl/α,β-unsaturated/α-hetero) is 1. The number of thioether (sulfide) groups is 1. The van der Waals surface area contributed by atoms with Gasteiger partial charge in [-0.15, -0.1) is 0 Å². The third kappa shape index (κ3) is 3.28. The summed E-state index contributed by atoms with van der Waals surface area (Å²) in [6, 6.07) is 0.00856. The molecule has 104 valence electrons. The summed E-state index contributed by atoms with van der Waals surface area (Å²) in [5.41, 5.74) is 6.02. The standard InChI is InChI=1S/C14H25NO2S/c1-10(2)12(15)7-13(16)11-3-5-17-14(8-11)4-6-18-9-14/h10-12H,3-9,15H2,1-2H3. The Balaban J connectivity index is 1.90. The molecule has 18 heavy (non-hydrogen) atoms. The maximum atomic E-state index is 12.3. The first kappa shape index (κ1) is 14.4. The highest BCUT2D eigenvalue weighted by atomic mass is 32.2. The molecule has 0 amide bonds. The molecule has 2 rings (SSSR count). The number of hydrogen-bond acceptors (Lipinski definition) is 4. The van der Waals surface area contributed by atoms with Crippen molar-refractivity contribution >= 4 is 17.5 Å². The van der Waals surface area contributed by atoms with Crippen LogP contribution in [0.5, 0.6) is 0 Å². The molecule has 3 unspecified atom stereocenters. The SMILES string of the molecule is CC(C)C(N)CC(=O)C1CCOC2(CCSC2)C1. The Kier molecular flexibility index (Phi) is 4.73. The fourth-order valence-electron chi connectivity index (χ4n) is 2.80. The molecule has 0 aromatic carbocycles. The third-order valence-electron chi connectivity index (χ3n) is 4.31. The van der Waals surface area contributed by atoms with Crippen LogP contribution in [0.4, 0.5) is 0 Å². The van der Waals surface area contributed by atoms with E-state index in [1.54, 1.807) is 0 Å². The maximum absolute atomic E-state index is 12.3. The lowest BCUT2D eigenvalue weighted by atomic mass is 9.81. The molecule has 0 aromatic heterocycles. The third-order valence-corrected chi connectivity index (χ3v) is 5.53. The Morgan fingerprint density at radius 3 is 2.94 bits per heavy atom. The molecule has 1 spiro atoms. The van der Waals surface area contributed by atoms with Crippen LogP contribution in [0.1, 0.15) is 39.5 Å². The Morgan fingerprint density at radius 1 is 1.56 bits per heavy atom. The van der Waals surface area contributed by atoms with Gasteiger partial charge >= 0.3 is 0 Å². The molecule has 0 bridgehead atoms. The molecule has 3 atom stereocenters. The van der Waals surface area contributed by atoms with Gasteiger partial charge in [-0.1, -0.05) is 13.8 Å². The molecule has 2 heterocycles. The van der Waals surface area contributed by atoms with E-state index in [0.717, 1.165) is 31.6 Å². The summed E-state index contributed by atoms with van der Waals surface area (Å²) >= 11 is 1.95. The highest BCUT2D eigenvalue weighted by molar-refractivity contribution is 7.99. The predicted molar refractivity (Wildman–Crippen MR) is 75.8 cm³/mol. The van der Waals surface area contributed by atoms with Crippen LogP contribution >= 0.6 is 11.8 Å². The fraction of sp³-hybridized carbons (Fsp3) is 0.929. The van der Waals surface area contributed by atoms with Crippen LogP contribution in [-0.2, 0) is 9.53 Å². The minimum atomic E-state index is 0.00513. The van der Waals surface area contributed by atoms with Crippen molar-refractivity contribution in [3.63, 3.8) is 0 Å².